The Labute approximate surface area is 187 Å². The standard InChI is InChI=1S/C25H25N3O4/c1-25(2)14-20(19-13-18(15-26)10-11-22(19)32-25)27-23(29)21-9-6-12-28(21)24(30)31-16-17-7-4-3-5-8-17/h3-5,7-8,10-11,13-14,21H,6,9,12,16H2,1-2H3,(H,27,29). The van der Waals surface area contributed by atoms with Gasteiger partial charge in [0.2, 0.25) is 5.91 Å². The van der Waals surface area contributed by atoms with Gasteiger partial charge in [0.05, 0.1) is 17.3 Å². The number of carbonyl (C=O) groups is 2. The fraction of sp³-hybridized carbons (Fsp3) is 0.320. The first kappa shape index (κ1) is 21.4. The summed E-state index contributed by atoms with van der Waals surface area (Å²) in [6.07, 6.45) is 2.60. The molecular weight excluding hydrogens is 406 g/mol. The first-order valence-corrected chi connectivity index (χ1v) is 10.6. The molecule has 0 aliphatic carbocycles. The summed E-state index contributed by atoms with van der Waals surface area (Å²) in [6, 6.07) is 16.0. The van der Waals surface area contributed by atoms with Gasteiger partial charge in [0.15, 0.2) is 0 Å². The first-order valence-electron chi connectivity index (χ1n) is 10.6. The normalized spacial score (nSPS) is 18.6. The second-order valence-corrected chi connectivity index (χ2v) is 8.47. The molecule has 7 nitrogen and oxygen atoms in total. The molecule has 0 saturated carbocycles. The Kier molecular flexibility index (Phi) is 5.87. The second-order valence-electron chi connectivity index (χ2n) is 8.47. The molecule has 1 atom stereocenters. The van der Waals surface area contributed by atoms with Gasteiger partial charge in [-0.3, -0.25) is 9.69 Å². The number of nitrogens with one attached hydrogen (secondary N) is 1. The highest BCUT2D eigenvalue weighted by Gasteiger charge is 2.36. The van der Waals surface area contributed by atoms with Crippen LogP contribution in [-0.2, 0) is 16.1 Å². The van der Waals surface area contributed by atoms with Gasteiger partial charge in [-0.25, -0.2) is 4.79 Å². The second kappa shape index (κ2) is 8.75. The average molecular weight is 431 g/mol. The predicted octanol–water partition coefficient (Wildman–Crippen LogP) is 3.99. The summed E-state index contributed by atoms with van der Waals surface area (Å²) in [6.45, 7) is 4.41. The molecule has 0 aromatic heterocycles. The Balaban J connectivity index is 1.48. The van der Waals surface area contributed by atoms with Crippen LogP contribution in [0.2, 0.25) is 0 Å². The Morgan fingerprint density at radius 1 is 1.25 bits per heavy atom. The van der Waals surface area contributed by atoms with Crippen molar-refractivity contribution in [3.8, 4) is 11.8 Å². The molecule has 1 unspecified atom stereocenters. The molecule has 2 aromatic carbocycles. The Hall–Kier alpha value is -3.79. The number of amides is 2. The molecule has 32 heavy (non-hydrogen) atoms. The van der Waals surface area contributed by atoms with Crippen molar-refractivity contribution < 1.29 is 19.1 Å². The van der Waals surface area contributed by atoms with Gasteiger partial charge in [-0.1, -0.05) is 30.3 Å². The van der Waals surface area contributed by atoms with Crippen LogP contribution in [0.5, 0.6) is 5.75 Å². The smallest absolute Gasteiger partial charge is 0.410 e. The van der Waals surface area contributed by atoms with E-state index in [0.29, 0.717) is 35.5 Å². The van der Waals surface area contributed by atoms with Crippen molar-refractivity contribution in [3.63, 3.8) is 0 Å². The van der Waals surface area contributed by atoms with Crippen LogP contribution in [0.25, 0.3) is 5.70 Å². The van der Waals surface area contributed by atoms with Crippen LogP contribution in [0.15, 0.2) is 54.6 Å². The number of carbonyl (C=O) groups excluding carboxylic acids is 2. The highest BCUT2D eigenvalue weighted by molar-refractivity contribution is 5.94. The van der Waals surface area contributed by atoms with E-state index in [2.05, 4.69) is 11.4 Å². The van der Waals surface area contributed by atoms with Crippen molar-refractivity contribution in [2.75, 3.05) is 6.54 Å². The van der Waals surface area contributed by atoms with E-state index in [4.69, 9.17) is 9.47 Å². The number of nitriles is 1. The number of fused-ring (bicyclic) bond motifs is 1. The van der Waals surface area contributed by atoms with Crippen LogP contribution in [0.3, 0.4) is 0 Å². The zero-order valence-electron chi connectivity index (χ0n) is 18.1. The highest BCUT2D eigenvalue weighted by atomic mass is 16.6. The Morgan fingerprint density at radius 2 is 2.03 bits per heavy atom. The van der Waals surface area contributed by atoms with Crippen molar-refractivity contribution in [3.05, 3.63) is 71.3 Å². The maximum Gasteiger partial charge on any atom is 0.410 e. The van der Waals surface area contributed by atoms with Gasteiger partial charge in [-0.2, -0.15) is 5.26 Å². The number of hydrogen-bond donors (Lipinski definition) is 1. The number of hydrogen-bond acceptors (Lipinski definition) is 5. The van der Waals surface area contributed by atoms with E-state index in [9.17, 15) is 14.9 Å². The van der Waals surface area contributed by atoms with Gasteiger partial charge in [-0.15, -0.1) is 0 Å². The van der Waals surface area contributed by atoms with Crippen molar-refractivity contribution in [2.24, 2.45) is 0 Å². The largest absolute Gasteiger partial charge is 0.483 e. The van der Waals surface area contributed by atoms with E-state index in [1.54, 1.807) is 18.2 Å². The number of likely N-dealkylation sites (tertiary alicyclic amines) is 1. The molecule has 2 heterocycles. The molecule has 1 saturated heterocycles. The molecule has 1 fully saturated rings. The van der Waals surface area contributed by atoms with E-state index in [-0.39, 0.29) is 12.5 Å². The van der Waals surface area contributed by atoms with Crippen LogP contribution in [0.1, 0.15) is 43.4 Å². The summed E-state index contributed by atoms with van der Waals surface area (Å²) < 4.78 is 11.4. The molecule has 164 valence electrons. The maximum atomic E-state index is 13.2. The van der Waals surface area contributed by atoms with E-state index >= 15 is 0 Å². The number of nitrogens with zero attached hydrogens (tertiary/aromatic N) is 2. The molecule has 2 aliphatic rings. The lowest BCUT2D eigenvalue weighted by Crippen LogP contribution is -2.46. The fourth-order valence-corrected chi connectivity index (χ4v) is 4.02. The summed E-state index contributed by atoms with van der Waals surface area (Å²) in [5.74, 6) is 0.314. The number of benzene rings is 2. The van der Waals surface area contributed by atoms with Crippen molar-refractivity contribution >= 4 is 17.7 Å². The monoisotopic (exact) mass is 431 g/mol. The maximum absolute atomic E-state index is 13.2. The van der Waals surface area contributed by atoms with Gasteiger partial charge < -0.3 is 14.8 Å². The van der Waals surface area contributed by atoms with Crippen LogP contribution >= 0.6 is 0 Å². The third-order valence-corrected chi connectivity index (χ3v) is 5.52. The van der Waals surface area contributed by atoms with Crippen LogP contribution < -0.4 is 10.1 Å². The predicted molar refractivity (Wildman–Crippen MR) is 118 cm³/mol. The summed E-state index contributed by atoms with van der Waals surface area (Å²) in [5.41, 5.74) is 1.95. The van der Waals surface area contributed by atoms with Crippen LogP contribution in [-0.4, -0.2) is 35.1 Å². The third kappa shape index (κ3) is 4.59. The molecule has 2 aromatic rings. The van der Waals surface area contributed by atoms with E-state index in [1.165, 1.54) is 4.90 Å². The first-order chi connectivity index (χ1) is 15.4. The van der Waals surface area contributed by atoms with E-state index in [0.717, 1.165) is 12.0 Å². The highest BCUT2D eigenvalue weighted by Crippen LogP contribution is 2.35. The minimum Gasteiger partial charge on any atom is -0.483 e. The van der Waals surface area contributed by atoms with E-state index < -0.39 is 17.7 Å². The van der Waals surface area contributed by atoms with Gasteiger partial charge in [0.25, 0.3) is 0 Å². The fourth-order valence-electron chi connectivity index (χ4n) is 4.02. The summed E-state index contributed by atoms with van der Waals surface area (Å²) in [5, 5.41) is 12.2. The Morgan fingerprint density at radius 3 is 2.78 bits per heavy atom. The molecule has 0 bridgehead atoms. The zero-order valence-corrected chi connectivity index (χ0v) is 18.1. The Bertz CT molecular complexity index is 1100. The zero-order chi connectivity index (χ0) is 22.7. The molecule has 2 aliphatic heterocycles. The number of rotatable bonds is 4. The molecule has 0 radical (unpaired) electrons. The molecule has 1 N–H and O–H groups in total. The summed E-state index contributed by atoms with van der Waals surface area (Å²) in [7, 11) is 0. The van der Waals surface area contributed by atoms with Crippen LogP contribution in [0, 0.1) is 11.3 Å². The van der Waals surface area contributed by atoms with Gasteiger partial charge in [0.1, 0.15) is 24.0 Å². The van der Waals surface area contributed by atoms with Gasteiger partial charge in [0, 0.05) is 12.1 Å². The minimum atomic E-state index is -0.631. The third-order valence-electron chi connectivity index (χ3n) is 5.52. The van der Waals surface area contributed by atoms with Crippen molar-refractivity contribution in [2.45, 2.75) is 44.9 Å². The van der Waals surface area contributed by atoms with Crippen molar-refractivity contribution in [1.82, 2.24) is 10.2 Å². The summed E-state index contributed by atoms with van der Waals surface area (Å²) >= 11 is 0. The summed E-state index contributed by atoms with van der Waals surface area (Å²) in [4.78, 5) is 27.3. The van der Waals surface area contributed by atoms with E-state index in [1.807, 2.05) is 50.3 Å². The average Bonchev–Trinajstić information content (AvgIpc) is 3.27. The van der Waals surface area contributed by atoms with Gasteiger partial charge >= 0.3 is 6.09 Å². The quantitative estimate of drug-likeness (QED) is 0.790. The molecule has 7 heteroatoms. The SMILES string of the molecule is CC1(C)C=C(NC(=O)C2CCCN2C(=O)OCc2ccccc2)c2cc(C#N)ccc2O1. The molecular formula is C25H25N3O4. The minimum absolute atomic E-state index is 0.158. The van der Waals surface area contributed by atoms with Crippen molar-refractivity contribution in [1.29, 1.82) is 5.26 Å². The van der Waals surface area contributed by atoms with Gasteiger partial charge in [-0.05, 0) is 56.5 Å². The lowest BCUT2D eigenvalue weighted by atomic mass is 9.97. The van der Waals surface area contributed by atoms with Crippen LogP contribution in [0.4, 0.5) is 4.79 Å². The number of ether oxygens (including phenoxy) is 2. The molecule has 4 rings (SSSR count). The lowest BCUT2D eigenvalue weighted by molar-refractivity contribution is -0.123. The topological polar surface area (TPSA) is 91.7 Å². The lowest BCUT2D eigenvalue weighted by Gasteiger charge is -2.32. The molecule has 2 amide bonds. The molecule has 0 spiro atoms.